The zero-order valence-corrected chi connectivity index (χ0v) is 11.5. The third kappa shape index (κ3) is 3.45. The number of para-hydroxylation sites is 1. The first kappa shape index (κ1) is 14.3. The standard InChI is InChI=1S/C15H19N3O2/c1-2-6-12(19)11-16-15(20)13-7-3-4-8-14(13)18-10-5-9-17-18/h3-5,7-10,12,19H,2,6,11H2,1H3,(H,16,20). The van der Waals surface area contributed by atoms with Gasteiger partial charge in [-0.25, -0.2) is 4.68 Å². The van der Waals surface area contributed by atoms with E-state index in [2.05, 4.69) is 10.4 Å². The Labute approximate surface area is 118 Å². The highest BCUT2D eigenvalue weighted by atomic mass is 16.3. The van der Waals surface area contributed by atoms with Crippen LogP contribution >= 0.6 is 0 Å². The Kier molecular flexibility index (Phi) is 4.90. The first-order valence-electron chi connectivity index (χ1n) is 6.77. The number of nitrogens with zero attached hydrogens (tertiary/aromatic N) is 2. The van der Waals surface area contributed by atoms with Crippen LogP contribution in [0.4, 0.5) is 0 Å². The van der Waals surface area contributed by atoms with Gasteiger partial charge in [0.15, 0.2) is 0 Å². The number of aliphatic hydroxyl groups excluding tert-OH is 1. The normalized spacial score (nSPS) is 12.1. The molecule has 1 aromatic heterocycles. The van der Waals surface area contributed by atoms with E-state index in [1.807, 2.05) is 25.1 Å². The van der Waals surface area contributed by atoms with E-state index >= 15 is 0 Å². The quantitative estimate of drug-likeness (QED) is 0.842. The summed E-state index contributed by atoms with van der Waals surface area (Å²) in [4.78, 5) is 12.2. The van der Waals surface area contributed by atoms with Gasteiger partial charge in [0.2, 0.25) is 0 Å². The van der Waals surface area contributed by atoms with Crippen LogP contribution in [0.25, 0.3) is 5.69 Å². The molecule has 2 rings (SSSR count). The molecule has 0 fully saturated rings. The monoisotopic (exact) mass is 273 g/mol. The molecule has 0 aliphatic heterocycles. The summed E-state index contributed by atoms with van der Waals surface area (Å²) in [5, 5.41) is 16.6. The van der Waals surface area contributed by atoms with Crippen LogP contribution in [-0.4, -0.2) is 33.4 Å². The molecule has 106 valence electrons. The number of aromatic nitrogens is 2. The summed E-state index contributed by atoms with van der Waals surface area (Å²) in [5.74, 6) is -0.203. The van der Waals surface area contributed by atoms with Gasteiger partial charge in [-0.1, -0.05) is 25.5 Å². The molecule has 5 nitrogen and oxygen atoms in total. The van der Waals surface area contributed by atoms with Crippen LogP contribution < -0.4 is 5.32 Å². The van der Waals surface area contributed by atoms with Crippen LogP contribution in [0.3, 0.4) is 0 Å². The molecule has 2 N–H and O–H groups in total. The van der Waals surface area contributed by atoms with E-state index in [1.165, 1.54) is 0 Å². The highest BCUT2D eigenvalue weighted by molar-refractivity contribution is 5.97. The fourth-order valence-corrected chi connectivity index (χ4v) is 2.02. The zero-order valence-electron chi connectivity index (χ0n) is 11.5. The SMILES string of the molecule is CCCC(O)CNC(=O)c1ccccc1-n1cccn1. The van der Waals surface area contributed by atoms with Crippen molar-refractivity contribution in [1.29, 1.82) is 0 Å². The first-order valence-corrected chi connectivity index (χ1v) is 6.77. The number of rotatable bonds is 6. The van der Waals surface area contributed by atoms with Crippen LogP contribution in [0.1, 0.15) is 30.1 Å². The maximum atomic E-state index is 12.2. The van der Waals surface area contributed by atoms with Crippen molar-refractivity contribution in [3.8, 4) is 5.69 Å². The minimum atomic E-state index is -0.499. The second kappa shape index (κ2) is 6.86. The van der Waals surface area contributed by atoms with Gasteiger partial charge < -0.3 is 10.4 Å². The van der Waals surface area contributed by atoms with Crippen molar-refractivity contribution in [2.45, 2.75) is 25.9 Å². The Morgan fingerprint density at radius 1 is 1.40 bits per heavy atom. The second-order valence-corrected chi connectivity index (χ2v) is 4.62. The number of carbonyl (C=O) groups is 1. The van der Waals surface area contributed by atoms with Gasteiger partial charge in [0, 0.05) is 18.9 Å². The summed E-state index contributed by atoms with van der Waals surface area (Å²) >= 11 is 0. The summed E-state index contributed by atoms with van der Waals surface area (Å²) in [6.07, 6.45) is 4.53. The summed E-state index contributed by atoms with van der Waals surface area (Å²) in [7, 11) is 0. The number of carbonyl (C=O) groups excluding carboxylic acids is 1. The van der Waals surface area contributed by atoms with Crippen molar-refractivity contribution in [1.82, 2.24) is 15.1 Å². The Hall–Kier alpha value is -2.14. The Morgan fingerprint density at radius 3 is 2.90 bits per heavy atom. The predicted molar refractivity (Wildman–Crippen MR) is 76.8 cm³/mol. The first-order chi connectivity index (χ1) is 9.72. The van der Waals surface area contributed by atoms with Crippen molar-refractivity contribution in [2.24, 2.45) is 0 Å². The lowest BCUT2D eigenvalue weighted by molar-refractivity contribution is 0.0910. The molecule has 20 heavy (non-hydrogen) atoms. The number of amides is 1. The molecule has 1 amide bonds. The predicted octanol–water partition coefficient (Wildman–Crippen LogP) is 1.76. The Balaban J connectivity index is 2.11. The summed E-state index contributed by atoms with van der Waals surface area (Å²) in [6, 6.07) is 9.06. The molecule has 0 aliphatic carbocycles. The third-order valence-corrected chi connectivity index (χ3v) is 3.02. The molecule has 0 radical (unpaired) electrons. The number of aliphatic hydroxyl groups is 1. The zero-order chi connectivity index (χ0) is 14.4. The van der Waals surface area contributed by atoms with Gasteiger partial charge in [0.1, 0.15) is 0 Å². The fraction of sp³-hybridized carbons (Fsp3) is 0.333. The average Bonchev–Trinajstić information content (AvgIpc) is 2.99. The minimum Gasteiger partial charge on any atom is -0.391 e. The maximum absolute atomic E-state index is 12.2. The minimum absolute atomic E-state index is 0.203. The fourth-order valence-electron chi connectivity index (χ4n) is 2.02. The number of hydrogen-bond acceptors (Lipinski definition) is 3. The Bertz CT molecular complexity index is 552. The molecule has 0 bridgehead atoms. The highest BCUT2D eigenvalue weighted by Crippen LogP contribution is 2.13. The molecule has 1 heterocycles. The molecule has 0 spiro atoms. The van der Waals surface area contributed by atoms with Crippen molar-refractivity contribution in [3.63, 3.8) is 0 Å². The van der Waals surface area contributed by atoms with Crippen LogP contribution in [0.5, 0.6) is 0 Å². The Morgan fingerprint density at radius 2 is 2.20 bits per heavy atom. The van der Waals surface area contributed by atoms with Crippen molar-refractivity contribution >= 4 is 5.91 Å². The molecule has 0 aliphatic rings. The lowest BCUT2D eigenvalue weighted by Gasteiger charge is -2.13. The van der Waals surface area contributed by atoms with E-state index in [4.69, 9.17) is 0 Å². The van der Waals surface area contributed by atoms with E-state index in [0.29, 0.717) is 12.0 Å². The van der Waals surface area contributed by atoms with Gasteiger partial charge in [-0.2, -0.15) is 5.10 Å². The summed E-state index contributed by atoms with van der Waals surface area (Å²) in [6.45, 7) is 2.26. The number of hydrogen-bond donors (Lipinski definition) is 2. The van der Waals surface area contributed by atoms with Crippen LogP contribution in [0.15, 0.2) is 42.7 Å². The lowest BCUT2D eigenvalue weighted by atomic mass is 10.1. The van der Waals surface area contributed by atoms with Crippen LogP contribution in [0, 0.1) is 0 Å². The van der Waals surface area contributed by atoms with E-state index in [9.17, 15) is 9.90 Å². The summed E-state index contributed by atoms with van der Waals surface area (Å²) < 4.78 is 1.65. The maximum Gasteiger partial charge on any atom is 0.253 e. The van der Waals surface area contributed by atoms with Crippen molar-refractivity contribution in [2.75, 3.05) is 6.54 Å². The number of nitrogens with one attached hydrogen (secondary N) is 1. The van der Waals surface area contributed by atoms with Gasteiger partial charge >= 0.3 is 0 Å². The summed E-state index contributed by atoms with van der Waals surface area (Å²) in [5.41, 5.74) is 1.26. The van der Waals surface area contributed by atoms with Crippen LogP contribution in [-0.2, 0) is 0 Å². The molecule has 5 heteroatoms. The van der Waals surface area contributed by atoms with Crippen LogP contribution in [0.2, 0.25) is 0 Å². The third-order valence-electron chi connectivity index (χ3n) is 3.02. The van der Waals surface area contributed by atoms with Gasteiger partial charge in [-0.05, 0) is 24.6 Å². The second-order valence-electron chi connectivity index (χ2n) is 4.62. The molecular weight excluding hydrogens is 254 g/mol. The van der Waals surface area contributed by atoms with E-state index < -0.39 is 6.10 Å². The van der Waals surface area contributed by atoms with Crippen molar-refractivity contribution < 1.29 is 9.90 Å². The van der Waals surface area contributed by atoms with Gasteiger partial charge in [-0.15, -0.1) is 0 Å². The topological polar surface area (TPSA) is 67.2 Å². The van der Waals surface area contributed by atoms with Gasteiger partial charge in [-0.3, -0.25) is 4.79 Å². The van der Waals surface area contributed by atoms with Gasteiger partial charge in [0.25, 0.3) is 5.91 Å². The van der Waals surface area contributed by atoms with E-state index in [1.54, 1.807) is 29.2 Å². The largest absolute Gasteiger partial charge is 0.391 e. The molecule has 0 saturated heterocycles. The van der Waals surface area contributed by atoms with Crippen molar-refractivity contribution in [3.05, 3.63) is 48.3 Å². The molecule has 2 aromatic rings. The molecular formula is C15H19N3O2. The smallest absolute Gasteiger partial charge is 0.253 e. The lowest BCUT2D eigenvalue weighted by Crippen LogP contribution is -2.32. The average molecular weight is 273 g/mol. The molecule has 0 saturated carbocycles. The van der Waals surface area contributed by atoms with E-state index in [0.717, 1.165) is 12.1 Å². The number of benzene rings is 1. The van der Waals surface area contributed by atoms with E-state index in [-0.39, 0.29) is 12.5 Å². The van der Waals surface area contributed by atoms with Gasteiger partial charge in [0.05, 0.1) is 17.4 Å². The molecule has 1 aromatic carbocycles. The molecule has 1 atom stereocenters. The highest BCUT2D eigenvalue weighted by Gasteiger charge is 2.13. The molecule has 1 unspecified atom stereocenters.